The van der Waals surface area contributed by atoms with Crippen LogP contribution < -0.4 is 0 Å². The van der Waals surface area contributed by atoms with Crippen molar-refractivity contribution in [2.75, 3.05) is 0 Å². The third-order valence-electron chi connectivity index (χ3n) is 7.73. The van der Waals surface area contributed by atoms with E-state index in [2.05, 4.69) is 41.5 Å². The van der Waals surface area contributed by atoms with Crippen LogP contribution in [0.1, 0.15) is 67.2 Å². The minimum atomic E-state index is -0.409. The van der Waals surface area contributed by atoms with Crippen LogP contribution in [-0.4, -0.2) is 17.5 Å². The van der Waals surface area contributed by atoms with E-state index >= 15 is 0 Å². The third-order valence-corrected chi connectivity index (χ3v) is 7.73. The lowest BCUT2D eigenvalue weighted by atomic mass is 9.63. The van der Waals surface area contributed by atoms with Gasteiger partial charge < -0.3 is 9.47 Å². The van der Waals surface area contributed by atoms with Crippen molar-refractivity contribution in [1.29, 1.82) is 0 Å². The summed E-state index contributed by atoms with van der Waals surface area (Å²) in [6, 6.07) is 0. The second kappa shape index (κ2) is 3.46. The molecule has 0 aromatic heterocycles. The molecule has 0 unspecified atom stereocenters. The van der Waals surface area contributed by atoms with E-state index in [1.165, 1.54) is 25.7 Å². The van der Waals surface area contributed by atoms with Crippen LogP contribution in [0.3, 0.4) is 0 Å². The summed E-state index contributed by atoms with van der Waals surface area (Å²) in [5, 5.41) is 0. The predicted molar refractivity (Wildman–Crippen MR) is 79.3 cm³/mol. The molecule has 114 valence electrons. The Hall–Kier alpha value is -0.0800. The molecule has 0 aromatic rings. The maximum absolute atomic E-state index is 6.48. The van der Waals surface area contributed by atoms with Crippen LogP contribution in [-0.2, 0) is 9.47 Å². The summed E-state index contributed by atoms with van der Waals surface area (Å²) in [5.41, 5.74) is 0.836. The largest absolute Gasteiger partial charge is 0.344 e. The molecule has 0 amide bonds. The summed E-state index contributed by atoms with van der Waals surface area (Å²) in [5.74, 6) is 1.96. The molecule has 1 saturated heterocycles. The zero-order valence-electron chi connectivity index (χ0n) is 14.0. The molecule has 2 bridgehead atoms. The van der Waals surface area contributed by atoms with Gasteiger partial charge in [0.2, 0.25) is 0 Å². The zero-order chi connectivity index (χ0) is 14.6. The molecule has 0 aromatic carbocycles. The molecule has 6 atom stereocenters. The molecule has 1 heterocycles. The van der Waals surface area contributed by atoms with Gasteiger partial charge in [-0.2, -0.15) is 0 Å². The van der Waals surface area contributed by atoms with E-state index in [9.17, 15) is 0 Å². The number of hydrogen-bond donors (Lipinski definition) is 0. The van der Waals surface area contributed by atoms with Crippen LogP contribution >= 0.6 is 0 Å². The maximum Gasteiger partial charge on any atom is 0.164 e. The van der Waals surface area contributed by atoms with E-state index in [0.29, 0.717) is 22.9 Å². The molecular formula is C18H30O2. The zero-order valence-corrected chi connectivity index (χ0v) is 14.0. The molecule has 3 aliphatic carbocycles. The molecule has 3 saturated carbocycles. The number of fused-ring (bicyclic) bond motifs is 3. The molecular weight excluding hydrogens is 248 g/mol. The lowest BCUT2D eigenvalue weighted by molar-refractivity contribution is -0.177. The average molecular weight is 278 g/mol. The van der Waals surface area contributed by atoms with Crippen LogP contribution in [0.2, 0.25) is 0 Å². The Bertz CT molecular complexity index is 454. The van der Waals surface area contributed by atoms with Gasteiger partial charge >= 0.3 is 0 Å². The Morgan fingerprint density at radius 2 is 1.60 bits per heavy atom. The SMILES string of the molecule is C[C@@H]1CC[C@H]2C(C)(C)[C@@H]3C[C@@]12C[C@H]1OC(C)(C)O[C@@]13C. The lowest BCUT2D eigenvalue weighted by Gasteiger charge is -2.47. The highest BCUT2D eigenvalue weighted by Crippen LogP contribution is 2.75. The lowest BCUT2D eigenvalue weighted by Crippen LogP contribution is -2.52. The highest BCUT2D eigenvalue weighted by molar-refractivity contribution is 5.21. The summed E-state index contributed by atoms with van der Waals surface area (Å²) in [4.78, 5) is 0. The Morgan fingerprint density at radius 1 is 0.900 bits per heavy atom. The van der Waals surface area contributed by atoms with Crippen molar-refractivity contribution >= 4 is 0 Å². The van der Waals surface area contributed by atoms with Gasteiger partial charge in [-0.25, -0.2) is 0 Å². The monoisotopic (exact) mass is 278 g/mol. The Kier molecular flexibility index (Phi) is 2.35. The van der Waals surface area contributed by atoms with Gasteiger partial charge in [0.1, 0.15) is 0 Å². The molecule has 4 fully saturated rings. The van der Waals surface area contributed by atoms with Gasteiger partial charge in [-0.3, -0.25) is 0 Å². The average Bonchev–Trinajstić information content (AvgIpc) is 2.80. The molecule has 20 heavy (non-hydrogen) atoms. The van der Waals surface area contributed by atoms with E-state index in [-0.39, 0.29) is 5.60 Å². The second-order valence-electron chi connectivity index (χ2n) is 9.34. The highest BCUT2D eigenvalue weighted by Gasteiger charge is 2.73. The van der Waals surface area contributed by atoms with Crippen LogP contribution in [0, 0.1) is 28.6 Å². The quantitative estimate of drug-likeness (QED) is 0.654. The van der Waals surface area contributed by atoms with Crippen LogP contribution in [0.25, 0.3) is 0 Å². The van der Waals surface area contributed by atoms with Gasteiger partial charge in [-0.1, -0.05) is 20.8 Å². The van der Waals surface area contributed by atoms with E-state index in [1.807, 2.05) is 0 Å². The third kappa shape index (κ3) is 1.34. The molecule has 1 spiro atoms. The minimum Gasteiger partial charge on any atom is -0.344 e. The molecule has 0 radical (unpaired) electrons. The van der Waals surface area contributed by atoms with Crippen molar-refractivity contribution in [3.8, 4) is 0 Å². The number of ether oxygens (including phenoxy) is 2. The van der Waals surface area contributed by atoms with Crippen molar-refractivity contribution in [3.05, 3.63) is 0 Å². The number of hydrogen-bond acceptors (Lipinski definition) is 2. The van der Waals surface area contributed by atoms with Crippen molar-refractivity contribution in [1.82, 2.24) is 0 Å². The topological polar surface area (TPSA) is 18.5 Å². The van der Waals surface area contributed by atoms with Crippen LogP contribution in [0.15, 0.2) is 0 Å². The van der Waals surface area contributed by atoms with Gasteiger partial charge in [-0.05, 0) is 75.0 Å². The summed E-state index contributed by atoms with van der Waals surface area (Å²) in [7, 11) is 0. The smallest absolute Gasteiger partial charge is 0.164 e. The van der Waals surface area contributed by atoms with E-state index in [1.54, 1.807) is 0 Å². The van der Waals surface area contributed by atoms with Crippen molar-refractivity contribution in [2.45, 2.75) is 84.7 Å². The van der Waals surface area contributed by atoms with E-state index in [4.69, 9.17) is 9.47 Å². The summed E-state index contributed by atoms with van der Waals surface area (Å²) in [6.07, 6.45) is 5.70. The Labute approximate surface area is 123 Å². The first-order valence-corrected chi connectivity index (χ1v) is 8.50. The molecule has 2 heteroatoms. The van der Waals surface area contributed by atoms with Crippen molar-refractivity contribution in [3.63, 3.8) is 0 Å². The fourth-order valence-electron chi connectivity index (χ4n) is 7.01. The Morgan fingerprint density at radius 3 is 2.30 bits per heavy atom. The van der Waals surface area contributed by atoms with Crippen molar-refractivity contribution in [2.24, 2.45) is 28.6 Å². The fourth-order valence-corrected chi connectivity index (χ4v) is 7.01. The summed E-state index contributed by atoms with van der Waals surface area (Å²) < 4.78 is 12.8. The number of rotatable bonds is 0. The molecule has 2 nitrogen and oxygen atoms in total. The highest BCUT2D eigenvalue weighted by atomic mass is 16.8. The van der Waals surface area contributed by atoms with Gasteiger partial charge in [0, 0.05) is 0 Å². The fraction of sp³-hybridized carbons (Fsp3) is 1.00. The normalized spacial score (nSPS) is 58.5. The minimum absolute atomic E-state index is 0.0810. The predicted octanol–water partition coefficient (Wildman–Crippen LogP) is 4.38. The first-order valence-electron chi connectivity index (χ1n) is 8.50. The second-order valence-corrected chi connectivity index (χ2v) is 9.34. The summed E-state index contributed by atoms with van der Waals surface area (Å²) >= 11 is 0. The van der Waals surface area contributed by atoms with Gasteiger partial charge in [-0.15, -0.1) is 0 Å². The van der Waals surface area contributed by atoms with E-state index in [0.717, 1.165) is 11.8 Å². The van der Waals surface area contributed by atoms with Crippen LogP contribution in [0.5, 0.6) is 0 Å². The maximum atomic E-state index is 6.48. The van der Waals surface area contributed by atoms with Crippen molar-refractivity contribution < 1.29 is 9.47 Å². The Balaban J connectivity index is 1.82. The summed E-state index contributed by atoms with van der Waals surface area (Å²) in [6.45, 7) is 14.0. The molecule has 0 N–H and O–H groups in total. The first-order chi connectivity index (χ1) is 9.12. The van der Waals surface area contributed by atoms with Gasteiger partial charge in [0.05, 0.1) is 11.7 Å². The van der Waals surface area contributed by atoms with Gasteiger partial charge in [0.15, 0.2) is 5.79 Å². The standard InChI is InChI=1S/C18H30O2/c1-11-7-8-12-15(2,3)13-9-18(11,12)10-14-17(13,6)20-16(4,5)19-14/h11-14H,7-10H2,1-6H3/t11-,12+,13+,14-,17-,18-/m1/s1. The molecule has 4 aliphatic rings. The first kappa shape index (κ1) is 13.6. The van der Waals surface area contributed by atoms with Crippen LogP contribution in [0.4, 0.5) is 0 Å². The van der Waals surface area contributed by atoms with E-state index < -0.39 is 5.79 Å². The molecule has 4 rings (SSSR count). The molecule has 1 aliphatic heterocycles. The van der Waals surface area contributed by atoms with Gasteiger partial charge in [0.25, 0.3) is 0 Å².